The molecule has 4 rings (SSSR count). The number of aromatic amines is 1. The van der Waals surface area contributed by atoms with Gasteiger partial charge in [-0.2, -0.15) is 0 Å². The molecule has 0 aliphatic carbocycles. The van der Waals surface area contributed by atoms with Gasteiger partial charge in [-0.15, -0.1) is 0 Å². The highest BCUT2D eigenvalue weighted by molar-refractivity contribution is 6.01. The molecule has 1 aromatic heterocycles. The van der Waals surface area contributed by atoms with Gasteiger partial charge in [-0.05, 0) is 31.2 Å². The fourth-order valence-corrected chi connectivity index (χ4v) is 2.96. The molecule has 0 bridgehead atoms. The molecule has 23 heavy (non-hydrogen) atoms. The second kappa shape index (κ2) is 4.60. The van der Waals surface area contributed by atoms with Crippen molar-refractivity contribution in [2.45, 2.75) is 12.5 Å². The summed E-state index contributed by atoms with van der Waals surface area (Å²) in [6.45, 7) is 1.56. The zero-order valence-electron chi connectivity index (χ0n) is 12.5. The number of aromatic nitrogens is 1. The molecule has 1 aliphatic heterocycles. The first-order chi connectivity index (χ1) is 11.0. The van der Waals surface area contributed by atoms with Crippen LogP contribution in [0.1, 0.15) is 12.5 Å². The number of H-pyrrole nitrogens is 1. The topological polar surface area (TPSA) is 82.5 Å². The minimum Gasteiger partial charge on any atom is -0.507 e. The molecular weight excluding hydrogens is 294 g/mol. The molecule has 0 amide bonds. The van der Waals surface area contributed by atoms with Gasteiger partial charge >= 0.3 is 0 Å². The summed E-state index contributed by atoms with van der Waals surface area (Å²) >= 11 is 0. The highest BCUT2D eigenvalue weighted by atomic mass is 16.5. The Morgan fingerprint density at radius 3 is 2.87 bits per heavy atom. The fraction of sp³-hybridized carbons (Fsp3) is 0.167. The fourth-order valence-electron chi connectivity index (χ4n) is 2.96. The van der Waals surface area contributed by atoms with E-state index in [1.165, 1.54) is 6.07 Å². The van der Waals surface area contributed by atoms with Crippen LogP contribution in [-0.4, -0.2) is 27.4 Å². The monoisotopic (exact) mass is 309 g/mol. The number of benzene rings is 2. The van der Waals surface area contributed by atoms with Gasteiger partial charge < -0.3 is 19.9 Å². The van der Waals surface area contributed by atoms with Crippen LogP contribution in [0.2, 0.25) is 0 Å². The summed E-state index contributed by atoms with van der Waals surface area (Å²) in [4.78, 5) is 15.9. The van der Waals surface area contributed by atoms with Crippen molar-refractivity contribution in [1.82, 2.24) is 4.98 Å². The molecule has 5 nitrogen and oxygen atoms in total. The number of hydrogen-bond donors (Lipinski definition) is 3. The van der Waals surface area contributed by atoms with Gasteiger partial charge in [0.25, 0.3) is 0 Å². The highest BCUT2D eigenvalue weighted by Gasteiger charge is 2.29. The zero-order chi connectivity index (χ0) is 16.2. The maximum absolute atomic E-state index is 12.7. The first-order valence-electron chi connectivity index (χ1n) is 7.32. The number of para-hydroxylation sites is 1. The van der Waals surface area contributed by atoms with Crippen molar-refractivity contribution in [2.24, 2.45) is 0 Å². The van der Waals surface area contributed by atoms with Crippen LogP contribution in [0.5, 0.6) is 11.5 Å². The number of phenolic OH excluding ortho intramolecular Hbond substituents is 1. The minimum absolute atomic E-state index is 0.138. The van der Waals surface area contributed by atoms with E-state index in [1.807, 2.05) is 18.2 Å². The number of ether oxygens (including phenoxy) is 1. The van der Waals surface area contributed by atoms with Gasteiger partial charge in [0, 0.05) is 22.5 Å². The van der Waals surface area contributed by atoms with Crippen molar-refractivity contribution in [1.29, 1.82) is 0 Å². The standard InChI is InChI=1S/C18H15NO4/c1-18(9-20)7-6-11-14(23-18)8-13(21)15-16(11)19-12-5-3-2-4-10(12)17(15)22/h2-8,20-21H,9H2,1H3,(H,19,22). The Bertz CT molecular complexity index is 1030. The number of aliphatic hydroxyl groups excluding tert-OH is 1. The number of hydrogen-bond acceptors (Lipinski definition) is 4. The second-order valence-electron chi connectivity index (χ2n) is 5.96. The quantitative estimate of drug-likeness (QED) is 0.603. The third-order valence-corrected chi connectivity index (χ3v) is 4.23. The Labute approximate surface area is 131 Å². The van der Waals surface area contributed by atoms with Gasteiger partial charge in [0.05, 0.1) is 17.5 Å². The number of pyridine rings is 1. The van der Waals surface area contributed by atoms with Gasteiger partial charge in [-0.1, -0.05) is 12.1 Å². The number of phenols is 1. The lowest BCUT2D eigenvalue weighted by Gasteiger charge is -2.30. The molecule has 116 valence electrons. The summed E-state index contributed by atoms with van der Waals surface area (Å²) < 4.78 is 5.79. The third kappa shape index (κ3) is 1.94. The van der Waals surface area contributed by atoms with E-state index in [2.05, 4.69) is 4.98 Å². The Morgan fingerprint density at radius 1 is 1.30 bits per heavy atom. The van der Waals surface area contributed by atoms with E-state index < -0.39 is 5.60 Å². The van der Waals surface area contributed by atoms with Gasteiger partial charge in [-0.25, -0.2) is 0 Å². The maximum Gasteiger partial charge on any atom is 0.200 e. The first-order valence-corrected chi connectivity index (χ1v) is 7.32. The van der Waals surface area contributed by atoms with E-state index in [0.29, 0.717) is 27.7 Å². The van der Waals surface area contributed by atoms with Gasteiger partial charge in [0.2, 0.25) is 5.43 Å². The molecule has 1 atom stereocenters. The molecule has 2 aromatic carbocycles. The van der Waals surface area contributed by atoms with Gasteiger partial charge in [0.15, 0.2) is 0 Å². The molecule has 0 saturated carbocycles. The van der Waals surface area contributed by atoms with E-state index in [0.717, 1.165) is 0 Å². The normalized spacial score (nSPS) is 19.7. The molecule has 1 unspecified atom stereocenters. The van der Waals surface area contributed by atoms with Crippen LogP contribution in [0.15, 0.2) is 41.2 Å². The lowest BCUT2D eigenvalue weighted by molar-refractivity contribution is 0.0641. The predicted octanol–water partition coefficient (Wildman–Crippen LogP) is 2.54. The number of nitrogens with one attached hydrogen (secondary N) is 1. The molecule has 2 heterocycles. The largest absolute Gasteiger partial charge is 0.507 e. The third-order valence-electron chi connectivity index (χ3n) is 4.23. The lowest BCUT2D eigenvalue weighted by atomic mass is 9.98. The number of aliphatic hydroxyl groups is 1. The minimum atomic E-state index is -0.843. The van der Waals surface area contributed by atoms with E-state index in [4.69, 9.17) is 4.74 Å². The summed E-state index contributed by atoms with van der Waals surface area (Å²) in [6.07, 6.45) is 3.56. The summed E-state index contributed by atoms with van der Waals surface area (Å²) in [7, 11) is 0. The molecule has 1 aliphatic rings. The van der Waals surface area contributed by atoms with Crippen molar-refractivity contribution < 1.29 is 14.9 Å². The Kier molecular flexibility index (Phi) is 2.77. The Hall–Kier alpha value is -2.79. The van der Waals surface area contributed by atoms with Crippen molar-refractivity contribution in [3.05, 3.63) is 52.2 Å². The smallest absolute Gasteiger partial charge is 0.200 e. The summed E-state index contributed by atoms with van der Waals surface area (Å²) in [5.41, 5.74) is 0.844. The van der Waals surface area contributed by atoms with Crippen molar-refractivity contribution >= 4 is 27.9 Å². The molecule has 3 N–H and O–H groups in total. The SMILES string of the molecule is CC1(CO)C=Cc2c(cc(O)c3c(=O)c4ccccc4[nH]c23)O1. The van der Waals surface area contributed by atoms with Crippen LogP contribution < -0.4 is 10.2 Å². The van der Waals surface area contributed by atoms with Crippen LogP contribution in [0.25, 0.3) is 27.9 Å². The van der Waals surface area contributed by atoms with Crippen LogP contribution in [0, 0.1) is 0 Å². The number of rotatable bonds is 1. The lowest BCUT2D eigenvalue weighted by Crippen LogP contribution is -2.35. The highest BCUT2D eigenvalue weighted by Crippen LogP contribution is 2.39. The molecule has 0 saturated heterocycles. The van der Waals surface area contributed by atoms with E-state index in [1.54, 1.807) is 25.1 Å². The first kappa shape index (κ1) is 13.8. The number of fused-ring (bicyclic) bond motifs is 4. The number of aromatic hydroxyl groups is 1. The zero-order valence-corrected chi connectivity index (χ0v) is 12.5. The van der Waals surface area contributed by atoms with E-state index in [-0.39, 0.29) is 23.2 Å². The summed E-state index contributed by atoms with van der Waals surface area (Å²) in [5.74, 6) is 0.293. The van der Waals surface area contributed by atoms with Crippen LogP contribution in [-0.2, 0) is 0 Å². The van der Waals surface area contributed by atoms with Crippen LogP contribution in [0.4, 0.5) is 0 Å². The second-order valence-corrected chi connectivity index (χ2v) is 5.96. The van der Waals surface area contributed by atoms with Gasteiger partial charge in [-0.3, -0.25) is 4.79 Å². The van der Waals surface area contributed by atoms with Crippen LogP contribution >= 0.6 is 0 Å². The van der Waals surface area contributed by atoms with E-state index >= 15 is 0 Å². The maximum atomic E-state index is 12.7. The molecular formula is C18H15NO4. The molecule has 0 spiro atoms. The molecule has 5 heteroatoms. The van der Waals surface area contributed by atoms with Crippen molar-refractivity contribution in [2.75, 3.05) is 6.61 Å². The predicted molar refractivity (Wildman–Crippen MR) is 88.9 cm³/mol. The Balaban J connectivity index is 2.13. The van der Waals surface area contributed by atoms with Crippen molar-refractivity contribution in [3.63, 3.8) is 0 Å². The van der Waals surface area contributed by atoms with Gasteiger partial charge in [0.1, 0.15) is 17.1 Å². The molecule has 0 radical (unpaired) electrons. The molecule has 0 fully saturated rings. The average molecular weight is 309 g/mol. The van der Waals surface area contributed by atoms with Crippen molar-refractivity contribution in [3.8, 4) is 11.5 Å². The summed E-state index contributed by atoms with van der Waals surface area (Å²) in [6, 6.07) is 8.60. The average Bonchev–Trinajstić information content (AvgIpc) is 2.54. The Morgan fingerprint density at radius 2 is 2.09 bits per heavy atom. The summed E-state index contributed by atoms with van der Waals surface area (Å²) in [5, 5.41) is 20.5. The molecule has 3 aromatic rings. The van der Waals surface area contributed by atoms with Crippen LogP contribution in [0.3, 0.4) is 0 Å². The van der Waals surface area contributed by atoms with E-state index in [9.17, 15) is 15.0 Å².